The van der Waals surface area contributed by atoms with Crippen molar-refractivity contribution in [2.45, 2.75) is 26.9 Å². The molecule has 1 aromatic carbocycles. The fourth-order valence-corrected chi connectivity index (χ4v) is 3.36. The van der Waals surface area contributed by atoms with Crippen LogP contribution in [-0.4, -0.2) is 37.7 Å². The van der Waals surface area contributed by atoms with Crippen LogP contribution in [0.15, 0.2) is 29.3 Å². The van der Waals surface area contributed by atoms with E-state index in [2.05, 4.69) is 27.5 Å². The molecule has 0 fully saturated rings. The first-order valence-corrected chi connectivity index (χ1v) is 9.47. The summed E-state index contributed by atoms with van der Waals surface area (Å²) in [4.78, 5) is 10.0. The molecule has 0 spiro atoms. The van der Waals surface area contributed by atoms with Gasteiger partial charge in [-0.1, -0.05) is 23.7 Å². The zero-order valence-electron chi connectivity index (χ0n) is 14.9. The van der Waals surface area contributed by atoms with Crippen LogP contribution >= 0.6 is 22.9 Å². The number of nitrogens with one attached hydrogen (secondary N) is 2. The molecule has 2 aromatic rings. The fourth-order valence-electron chi connectivity index (χ4n) is 2.21. The van der Waals surface area contributed by atoms with Crippen LogP contribution in [0.25, 0.3) is 0 Å². The van der Waals surface area contributed by atoms with E-state index in [4.69, 9.17) is 16.3 Å². The van der Waals surface area contributed by atoms with E-state index in [9.17, 15) is 0 Å². The SMILES string of the molecule is CN=C(NCCOCc1cccc(Cl)c1)NCCc1nc(C)c(C)s1. The Kier molecular flexibility index (Phi) is 8.18. The van der Waals surface area contributed by atoms with Crippen molar-refractivity contribution in [2.24, 2.45) is 4.99 Å². The van der Waals surface area contributed by atoms with Crippen LogP contribution in [0.3, 0.4) is 0 Å². The number of hydrogen-bond donors (Lipinski definition) is 2. The lowest BCUT2D eigenvalue weighted by atomic mass is 10.2. The van der Waals surface area contributed by atoms with E-state index in [-0.39, 0.29) is 0 Å². The Morgan fingerprint density at radius 1 is 1.28 bits per heavy atom. The number of hydrogen-bond acceptors (Lipinski definition) is 4. The van der Waals surface area contributed by atoms with Crippen molar-refractivity contribution in [3.63, 3.8) is 0 Å². The third kappa shape index (κ3) is 7.02. The van der Waals surface area contributed by atoms with Crippen molar-refractivity contribution >= 4 is 28.9 Å². The van der Waals surface area contributed by atoms with Crippen molar-refractivity contribution in [1.29, 1.82) is 0 Å². The normalized spacial score (nSPS) is 11.6. The van der Waals surface area contributed by atoms with Crippen LogP contribution in [0.1, 0.15) is 21.1 Å². The van der Waals surface area contributed by atoms with Crippen molar-refractivity contribution in [1.82, 2.24) is 15.6 Å². The van der Waals surface area contributed by atoms with Gasteiger partial charge in [-0.15, -0.1) is 11.3 Å². The number of benzene rings is 1. The molecule has 5 nitrogen and oxygen atoms in total. The fraction of sp³-hybridized carbons (Fsp3) is 0.444. The van der Waals surface area contributed by atoms with Crippen LogP contribution in [0.2, 0.25) is 5.02 Å². The van der Waals surface area contributed by atoms with Gasteiger partial charge in [0.2, 0.25) is 0 Å². The van der Waals surface area contributed by atoms with Gasteiger partial charge in [0.15, 0.2) is 5.96 Å². The summed E-state index contributed by atoms with van der Waals surface area (Å²) in [6, 6.07) is 7.70. The summed E-state index contributed by atoms with van der Waals surface area (Å²) in [6.45, 7) is 6.79. The van der Waals surface area contributed by atoms with Gasteiger partial charge in [-0.05, 0) is 31.5 Å². The number of thiazole rings is 1. The predicted octanol–water partition coefficient (Wildman–Crippen LogP) is 3.34. The molecule has 0 aliphatic heterocycles. The van der Waals surface area contributed by atoms with Gasteiger partial charge in [0.25, 0.3) is 0 Å². The molecule has 0 saturated carbocycles. The Morgan fingerprint density at radius 3 is 2.76 bits per heavy atom. The van der Waals surface area contributed by atoms with Crippen molar-refractivity contribution < 1.29 is 4.74 Å². The van der Waals surface area contributed by atoms with Gasteiger partial charge in [-0.2, -0.15) is 0 Å². The third-order valence-electron chi connectivity index (χ3n) is 3.62. The lowest BCUT2D eigenvalue weighted by molar-refractivity contribution is 0.125. The molecule has 0 aliphatic carbocycles. The summed E-state index contributed by atoms with van der Waals surface area (Å²) >= 11 is 7.71. The Hall–Kier alpha value is -1.63. The largest absolute Gasteiger partial charge is 0.375 e. The lowest BCUT2D eigenvalue weighted by Gasteiger charge is -2.11. The molecule has 0 amide bonds. The molecule has 0 unspecified atom stereocenters. The Bertz CT molecular complexity index is 683. The minimum Gasteiger partial charge on any atom is -0.375 e. The molecule has 0 aliphatic rings. The van der Waals surface area contributed by atoms with Crippen LogP contribution in [0, 0.1) is 13.8 Å². The summed E-state index contributed by atoms with van der Waals surface area (Å²) in [6.07, 6.45) is 0.894. The minimum absolute atomic E-state index is 0.553. The smallest absolute Gasteiger partial charge is 0.191 e. The second-order valence-electron chi connectivity index (χ2n) is 5.61. The van der Waals surface area contributed by atoms with Crippen LogP contribution in [-0.2, 0) is 17.8 Å². The lowest BCUT2D eigenvalue weighted by Crippen LogP contribution is -2.39. The standard InChI is InChI=1S/C18H25ClN4OS/c1-13-14(2)25-17(23-13)7-8-21-18(20-3)22-9-10-24-12-15-5-4-6-16(19)11-15/h4-6,11H,7-10,12H2,1-3H3,(H2,20,21,22). The van der Waals surface area contributed by atoms with E-state index >= 15 is 0 Å². The molecule has 7 heteroatoms. The van der Waals surface area contributed by atoms with E-state index in [1.54, 1.807) is 18.4 Å². The molecule has 2 N–H and O–H groups in total. The number of rotatable bonds is 8. The summed E-state index contributed by atoms with van der Waals surface area (Å²) in [7, 11) is 1.76. The Balaban J connectivity index is 1.60. The highest BCUT2D eigenvalue weighted by Crippen LogP contribution is 2.16. The van der Waals surface area contributed by atoms with Crippen molar-refractivity contribution in [3.05, 3.63) is 50.4 Å². The van der Waals surface area contributed by atoms with E-state index in [0.717, 1.165) is 40.2 Å². The first-order valence-electron chi connectivity index (χ1n) is 8.28. The molecule has 2 rings (SSSR count). The number of aliphatic imine (C=N–C) groups is 1. The minimum atomic E-state index is 0.553. The maximum absolute atomic E-state index is 5.95. The number of aryl methyl sites for hydroxylation is 2. The molecule has 0 radical (unpaired) electrons. The molecular formula is C18H25ClN4OS. The van der Waals surface area contributed by atoms with Gasteiger partial charge in [-0.25, -0.2) is 4.98 Å². The number of guanidine groups is 1. The zero-order chi connectivity index (χ0) is 18.1. The van der Waals surface area contributed by atoms with Crippen molar-refractivity contribution in [3.8, 4) is 0 Å². The van der Waals surface area contributed by atoms with Gasteiger partial charge < -0.3 is 15.4 Å². The van der Waals surface area contributed by atoms with Gasteiger partial charge in [0.05, 0.1) is 23.9 Å². The van der Waals surface area contributed by atoms with Crippen molar-refractivity contribution in [2.75, 3.05) is 26.7 Å². The first-order chi connectivity index (χ1) is 12.1. The van der Waals surface area contributed by atoms with Crippen LogP contribution in [0.5, 0.6) is 0 Å². The average Bonchev–Trinajstić information content (AvgIpc) is 2.91. The Labute approximate surface area is 158 Å². The van der Waals surface area contributed by atoms with E-state index in [0.29, 0.717) is 19.8 Å². The Morgan fingerprint density at radius 2 is 2.08 bits per heavy atom. The number of halogens is 1. The highest BCUT2D eigenvalue weighted by Gasteiger charge is 2.04. The topological polar surface area (TPSA) is 58.5 Å². The molecule has 0 atom stereocenters. The van der Waals surface area contributed by atoms with Crippen LogP contribution in [0.4, 0.5) is 0 Å². The maximum atomic E-state index is 5.95. The van der Waals surface area contributed by atoms with E-state index in [1.807, 2.05) is 31.2 Å². The monoisotopic (exact) mass is 380 g/mol. The van der Waals surface area contributed by atoms with E-state index < -0.39 is 0 Å². The second-order valence-corrected chi connectivity index (χ2v) is 7.33. The highest BCUT2D eigenvalue weighted by atomic mass is 35.5. The van der Waals surface area contributed by atoms with E-state index in [1.165, 1.54) is 4.88 Å². The number of ether oxygens (including phenoxy) is 1. The number of aromatic nitrogens is 1. The summed E-state index contributed by atoms with van der Waals surface area (Å²) in [5, 5.41) is 8.42. The summed E-state index contributed by atoms with van der Waals surface area (Å²) in [5.74, 6) is 0.774. The molecule has 25 heavy (non-hydrogen) atoms. The highest BCUT2D eigenvalue weighted by molar-refractivity contribution is 7.11. The first kappa shape index (κ1) is 19.7. The van der Waals surface area contributed by atoms with Gasteiger partial charge >= 0.3 is 0 Å². The third-order valence-corrected chi connectivity index (χ3v) is 4.99. The summed E-state index contributed by atoms with van der Waals surface area (Å²) < 4.78 is 5.65. The van der Waals surface area contributed by atoms with Gasteiger partial charge in [0.1, 0.15) is 0 Å². The van der Waals surface area contributed by atoms with Crippen LogP contribution < -0.4 is 10.6 Å². The molecule has 1 heterocycles. The molecule has 0 saturated heterocycles. The molecule has 136 valence electrons. The quantitative estimate of drug-likeness (QED) is 0.419. The summed E-state index contributed by atoms with van der Waals surface area (Å²) in [5.41, 5.74) is 2.20. The predicted molar refractivity (Wildman–Crippen MR) is 106 cm³/mol. The number of nitrogens with zero attached hydrogens (tertiary/aromatic N) is 2. The van der Waals surface area contributed by atoms with Gasteiger partial charge in [0, 0.05) is 36.5 Å². The zero-order valence-corrected chi connectivity index (χ0v) is 16.5. The van der Waals surface area contributed by atoms with Gasteiger partial charge in [-0.3, -0.25) is 4.99 Å². The average molecular weight is 381 g/mol. The molecule has 0 bridgehead atoms. The maximum Gasteiger partial charge on any atom is 0.191 e. The molecule has 1 aromatic heterocycles. The molecular weight excluding hydrogens is 356 g/mol. The second kappa shape index (κ2) is 10.4.